The zero-order valence-corrected chi connectivity index (χ0v) is 12.1. The highest BCUT2D eigenvalue weighted by molar-refractivity contribution is 5.94. The van der Waals surface area contributed by atoms with Crippen LogP contribution in [-0.4, -0.2) is 53.8 Å². The van der Waals surface area contributed by atoms with Gasteiger partial charge in [0.25, 0.3) is 5.91 Å². The van der Waals surface area contributed by atoms with Crippen molar-refractivity contribution in [3.05, 3.63) is 35.4 Å². The molecular weight excluding hydrogens is 266 g/mol. The second kappa shape index (κ2) is 5.85. The number of hydrogen-bond acceptors (Lipinski definition) is 3. The molecule has 0 bridgehead atoms. The van der Waals surface area contributed by atoms with E-state index in [0.717, 1.165) is 24.0 Å². The van der Waals surface area contributed by atoms with Crippen LogP contribution in [0.15, 0.2) is 24.3 Å². The van der Waals surface area contributed by atoms with Crippen LogP contribution >= 0.6 is 0 Å². The Hall–Kier alpha value is -1.88. The van der Waals surface area contributed by atoms with Crippen LogP contribution < -0.4 is 5.73 Å². The van der Waals surface area contributed by atoms with Gasteiger partial charge in [-0.1, -0.05) is 12.1 Å². The number of nitrogens with two attached hydrogens (primary N) is 1. The van der Waals surface area contributed by atoms with E-state index in [4.69, 9.17) is 5.73 Å². The third-order valence-corrected chi connectivity index (χ3v) is 4.39. The third kappa shape index (κ3) is 2.78. The van der Waals surface area contributed by atoms with Crippen LogP contribution in [0.25, 0.3) is 0 Å². The highest BCUT2D eigenvalue weighted by atomic mass is 16.2. The number of amides is 2. The summed E-state index contributed by atoms with van der Waals surface area (Å²) in [6.45, 7) is 2.53. The van der Waals surface area contributed by atoms with Crippen LogP contribution in [0.2, 0.25) is 0 Å². The summed E-state index contributed by atoms with van der Waals surface area (Å²) < 4.78 is 0. The molecule has 1 aromatic rings. The van der Waals surface area contributed by atoms with E-state index < -0.39 is 0 Å². The number of carbonyl (C=O) groups excluding carboxylic acids is 2. The predicted octanol–water partition coefficient (Wildman–Crippen LogP) is 0.635. The highest BCUT2D eigenvalue weighted by Crippen LogP contribution is 2.23. The molecule has 0 spiro atoms. The molecule has 3 rings (SSSR count). The molecule has 5 heteroatoms. The second-order valence-corrected chi connectivity index (χ2v) is 5.77. The molecule has 0 radical (unpaired) electrons. The molecule has 2 fully saturated rings. The van der Waals surface area contributed by atoms with E-state index in [2.05, 4.69) is 0 Å². The van der Waals surface area contributed by atoms with Gasteiger partial charge in [0.05, 0.1) is 0 Å². The van der Waals surface area contributed by atoms with E-state index in [1.807, 2.05) is 34.1 Å². The maximum absolute atomic E-state index is 12.6. The number of fused-ring (bicyclic) bond motifs is 1. The molecule has 1 unspecified atom stereocenters. The van der Waals surface area contributed by atoms with Crippen LogP contribution in [0.5, 0.6) is 0 Å². The van der Waals surface area contributed by atoms with E-state index in [-0.39, 0.29) is 17.9 Å². The summed E-state index contributed by atoms with van der Waals surface area (Å²) >= 11 is 0. The van der Waals surface area contributed by atoms with E-state index in [0.29, 0.717) is 32.6 Å². The first kappa shape index (κ1) is 14.1. The van der Waals surface area contributed by atoms with Crippen molar-refractivity contribution < 1.29 is 9.59 Å². The van der Waals surface area contributed by atoms with E-state index in [9.17, 15) is 9.59 Å². The Morgan fingerprint density at radius 1 is 1.33 bits per heavy atom. The Balaban J connectivity index is 1.71. The van der Waals surface area contributed by atoms with Gasteiger partial charge in [0.2, 0.25) is 5.91 Å². The lowest BCUT2D eigenvalue weighted by molar-refractivity contribution is -0.130. The van der Waals surface area contributed by atoms with E-state index in [1.54, 1.807) is 0 Å². The molecule has 2 aliphatic heterocycles. The minimum atomic E-state index is 0.0628. The number of benzene rings is 1. The molecule has 0 aromatic heterocycles. The zero-order chi connectivity index (χ0) is 14.8. The number of hydrogen-bond donors (Lipinski definition) is 1. The lowest BCUT2D eigenvalue weighted by Crippen LogP contribution is -2.53. The summed E-state index contributed by atoms with van der Waals surface area (Å²) in [4.78, 5) is 28.1. The van der Waals surface area contributed by atoms with Crippen molar-refractivity contribution >= 4 is 11.8 Å². The Morgan fingerprint density at radius 2 is 2.19 bits per heavy atom. The minimum Gasteiger partial charge on any atom is -0.336 e. The fraction of sp³-hybridized carbons (Fsp3) is 0.500. The molecule has 21 heavy (non-hydrogen) atoms. The van der Waals surface area contributed by atoms with Crippen LogP contribution in [-0.2, 0) is 11.2 Å². The summed E-state index contributed by atoms with van der Waals surface area (Å²) in [6.07, 6.45) is 2.28. The molecule has 2 amide bonds. The maximum Gasteiger partial charge on any atom is 0.253 e. The molecule has 0 aliphatic carbocycles. The first-order valence-corrected chi connectivity index (χ1v) is 7.57. The number of rotatable bonds is 3. The van der Waals surface area contributed by atoms with Crippen molar-refractivity contribution in [3.8, 4) is 0 Å². The Kier molecular flexibility index (Phi) is 3.92. The first-order valence-electron chi connectivity index (χ1n) is 7.57. The van der Waals surface area contributed by atoms with Gasteiger partial charge in [0.1, 0.15) is 0 Å². The average molecular weight is 287 g/mol. The third-order valence-electron chi connectivity index (χ3n) is 4.39. The number of piperazine rings is 1. The Morgan fingerprint density at radius 3 is 3.00 bits per heavy atom. The van der Waals surface area contributed by atoms with Gasteiger partial charge in [-0.25, -0.2) is 0 Å². The molecule has 2 aliphatic rings. The summed E-state index contributed by atoms with van der Waals surface area (Å²) in [6, 6.07) is 7.91. The van der Waals surface area contributed by atoms with Crippen LogP contribution in [0.4, 0.5) is 0 Å². The number of nitrogens with zero attached hydrogens (tertiary/aromatic N) is 2. The second-order valence-electron chi connectivity index (χ2n) is 5.77. The summed E-state index contributed by atoms with van der Waals surface area (Å²) in [7, 11) is 0. The molecule has 0 saturated carbocycles. The van der Waals surface area contributed by atoms with Gasteiger partial charge in [-0.2, -0.15) is 0 Å². The number of carbonyl (C=O) groups is 2. The van der Waals surface area contributed by atoms with Gasteiger partial charge in [-0.15, -0.1) is 0 Å². The summed E-state index contributed by atoms with van der Waals surface area (Å²) in [5.74, 6) is 0.296. The topological polar surface area (TPSA) is 66.6 Å². The largest absolute Gasteiger partial charge is 0.336 e. The molecule has 2 heterocycles. The molecule has 1 aromatic carbocycles. The van der Waals surface area contributed by atoms with Crippen LogP contribution in [0, 0.1) is 0 Å². The molecular formula is C16H21N3O2. The van der Waals surface area contributed by atoms with Gasteiger partial charge in [-0.05, 0) is 37.1 Å². The van der Waals surface area contributed by atoms with E-state index >= 15 is 0 Å². The van der Waals surface area contributed by atoms with Crippen LogP contribution in [0.3, 0.4) is 0 Å². The van der Waals surface area contributed by atoms with Crippen molar-refractivity contribution in [1.82, 2.24) is 9.80 Å². The minimum absolute atomic E-state index is 0.0628. The standard InChI is InChI=1S/C16H21N3O2/c17-7-6-12-2-1-3-13(10-12)16(21)18-8-9-19-14(11-18)4-5-15(19)20/h1-3,10,14H,4-9,11,17H2. The molecule has 1 atom stereocenters. The van der Waals surface area contributed by atoms with Gasteiger partial charge >= 0.3 is 0 Å². The van der Waals surface area contributed by atoms with Gasteiger partial charge in [-0.3, -0.25) is 9.59 Å². The van der Waals surface area contributed by atoms with Crippen LogP contribution in [0.1, 0.15) is 28.8 Å². The molecule has 2 saturated heterocycles. The van der Waals surface area contributed by atoms with Gasteiger partial charge in [0.15, 0.2) is 0 Å². The summed E-state index contributed by atoms with van der Waals surface area (Å²) in [5, 5.41) is 0. The SMILES string of the molecule is NCCc1cccc(C(=O)N2CCN3C(=O)CCC3C2)c1. The maximum atomic E-state index is 12.6. The monoisotopic (exact) mass is 287 g/mol. The van der Waals surface area contributed by atoms with Crippen molar-refractivity contribution in [2.75, 3.05) is 26.2 Å². The first-order chi connectivity index (χ1) is 10.2. The Bertz CT molecular complexity index is 558. The van der Waals surface area contributed by atoms with Crippen molar-refractivity contribution in [3.63, 3.8) is 0 Å². The van der Waals surface area contributed by atoms with E-state index in [1.165, 1.54) is 0 Å². The van der Waals surface area contributed by atoms with Crippen molar-refractivity contribution in [2.45, 2.75) is 25.3 Å². The predicted molar refractivity (Wildman–Crippen MR) is 79.8 cm³/mol. The molecule has 2 N–H and O–H groups in total. The quantitative estimate of drug-likeness (QED) is 0.887. The molecule has 5 nitrogen and oxygen atoms in total. The van der Waals surface area contributed by atoms with Crippen molar-refractivity contribution in [2.24, 2.45) is 5.73 Å². The normalized spacial score (nSPS) is 21.6. The fourth-order valence-electron chi connectivity index (χ4n) is 3.26. The van der Waals surface area contributed by atoms with Gasteiger partial charge < -0.3 is 15.5 Å². The highest BCUT2D eigenvalue weighted by Gasteiger charge is 2.36. The Labute approximate surface area is 124 Å². The fourth-order valence-corrected chi connectivity index (χ4v) is 3.26. The smallest absolute Gasteiger partial charge is 0.253 e. The lowest BCUT2D eigenvalue weighted by Gasteiger charge is -2.37. The lowest BCUT2D eigenvalue weighted by atomic mass is 10.1. The molecule has 112 valence electrons. The average Bonchev–Trinajstić information content (AvgIpc) is 2.88. The zero-order valence-electron chi connectivity index (χ0n) is 12.1. The van der Waals surface area contributed by atoms with Gasteiger partial charge in [0, 0.05) is 37.7 Å². The van der Waals surface area contributed by atoms with Crippen molar-refractivity contribution in [1.29, 1.82) is 0 Å². The summed E-state index contributed by atoms with van der Waals surface area (Å²) in [5.41, 5.74) is 7.38.